The van der Waals surface area contributed by atoms with E-state index in [4.69, 9.17) is 4.74 Å². The van der Waals surface area contributed by atoms with Crippen LogP contribution in [0.4, 0.5) is 5.95 Å². The number of aromatic nitrogens is 3. The van der Waals surface area contributed by atoms with Crippen molar-refractivity contribution in [3.63, 3.8) is 0 Å². The molecule has 0 bridgehead atoms. The van der Waals surface area contributed by atoms with E-state index in [0.717, 1.165) is 12.2 Å². The number of methoxy groups -OCH3 is 1. The van der Waals surface area contributed by atoms with Crippen LogP contribution in [0.5, 0.6) is 6.01 Å². The smallest absolute Gasteiger partial charge is 0.321 e. The van der Waals surface area contributed by atoms with Gasteiger partial charge in [-0.25, -0.2) is 0 Å². The largest absolute Gasteiger partial charge is 0.467 e. The maximum atomic E-state index is 4.99. The fourth-order valence-electron chi connectivity index (χ4n) is 0.913. The summed E-state index contributed by atoms with van der Waals surface area (Å²) in [5.41, 5.74) is 0. The van der Waals surface area contributed by atoms with Crippen molar-refractivity contribution in [2.24, 2.45) is 0 Å². The molecule has 84 valence electrons. The van der Waals surface area contributed by atoms with Gasteiger partial charge in [-0.05, 0) is 6.42 Å². The normalized spacial score (nSPS) is 10.1. The van der Waals surface area contributed by atoms with Crippen LogP contribution in [0.2, 0.25) is 0 Å². The van der Waals surface area contributed by atoms with Crippen LogP contribution in [0.25, 0.3) is 0 Å². The highest BCUT2D eigenvalue weighted by atomic mass is 32.2. The second-order valence-electron chi connectivity index (χ2n) is 2.88. The first-order valence-electron chi connectivity index (χ1n) is 4.90. The quantitative estimate of drug-likeness (QED) is 0.592. The number of nitrogens with one attached hydrogen (secondary N) is 1. The van der Waals surface area contributed by atoms with Crippen LogP contribution in [0.3, 0.4) is 0 Å². The van der Waals surface area contributed by atoms with E-state index < -0.39 is 0 Å². The lowest BCUT2D eigenvalue weighted by molar-refractivity contribution is 0.374. The first-order valence-corrected chi connectivity index (χ1v) is 5.89. The predicted octanol–water partition coefficient (Wildman–Crippen LogP) is 1.81. The standard InChI is InChI=1S/C9H16N4OS/c1-4-5-6-15-9-12-7(10-2)11-8(13-9)14-3/h4-6H2,1-3H3,(H,10,11,12,13). The highest BCUT2D eigenvalue weighted by Crippen LogP contribution is 2.18. The molecule has 1 N–H and O–H groups in total. The molecule has 0 aliphatic heterocycles. The molecule has 15 heavy (non-hydrogen) atoms. The molecule has 1 aromatic rings. The summed E-state index contributed by atoms with van der Waals surface area (Å²) < 4.78 is 4.99. The van der Waals surface area contributed by atoms with Crippen LogP contribution in [0, 0.1) is 0 Å². The molecule has 0 spiro atoms. The van der Waals surface area contributed by atoms with E-state index >= 15 is 0 Å². The number of hydrogen-bond donors (Lipinski definition) is 1. The Morgan fingerprint density at radius 3 is 2.73 bits per heavy atom. The van der Waals surface area contributed by atoms with E-state index in [2.05, 4.69) is 27.2 Å². The third-order valence-corrected chi connectivity index (χ3v) is 2.66. The Morgan fingerprint density at radius 2 is 2.13 bits per heavy atom. The van der Waals surface area contributed by atoms with Crippen molar-refractivity contribution >= 4 is 17.7 Å². The molecule has 6 heteroatoms. The van der Waals surface area contributed by atoms with E-state index in [9.17, 15) is 0 Å². The van der Waals surface area contributed by atoms with Gasteiger partial charge in [-0.3, -0.25) is 0 Å². The second-order valence-corrected chi connectivity index (χ2v) is 3.94. The zero-order valence-corrected chi connectivity index (χ0v) is 10.1. The molecule has 0 atom stereocenters. The van der Waals surface area contributed by atoms with Crippen LogP contribution >= 0.6 is 11.8 Å². The molecule has 5 nitrogen and oxygen atoms in total. The molecule has 1 aromatic heterocycles. The Hall–Kier alpha value is -1.04. The van der Waals surface area contributed by atoms with Crippen molar-refractivity contribution in [2.45, 2.75) is 24.9 Å². The molecule has 0 radical (unpaired) electrons. The lowest BCUT2D eigenvalue weighted by atomic mass is 10.4. The third-order valence-electron chi connectivity index (χ3n) is 1.73. The molecular formula is C9H16N4OS. The van der Waals surface area contributed by atoms with Crippen molar-refractivity contribution in [1.29, 1.82) is 0 Å². The fraction of sp³-hybridized carbons (Fsp3) is 0.667. The van der Waals surface area contributed by atoms with Gasteiger partial charge >= 0.3 is 6.01 Å². The maximum absolute atomic E-state index is 4.99. The lowest BCUT2D eigenvalue weighted by Crippen LogP contribution is -2.02. The van der Waals surface area contributed by atoms with Gasteiger partial charge < -0.3 is 10.1 Å². The van der Waals surface area contributed by atoms with Crippen LogP contribution in [-0.2, 0) is 0 Å². The van der Waals surface area contributed by atoms with Crippen molar-refractivity contribution in [3.05, 3.63) is 0 Å². The second kappa shape index (κ2) is 6.44. The van der Waals surface area contributed by atoms with Crippen molar-refractivity contribution in [2.75, 3.05) is 25.2 Å². The van der Waals surface area contributed by atoms with Crippen LogP contribution in [-0.4, -0.2) is 34.9 Å². The van der Waals surface area contributed by atoms with Gasteiger partial charge in [0.15, 0.2) is 5.16 Å². The lowest BCUT2D eigenvalue weighted by Gasteiger charge is -2.04. The van der Waals surface area contributed by atoms with Gasteiger partial charge in [-0.2, -0.15) is 15.0 Å². The summed E-state index contributed by atoms with van der Waals surface area (Å²) in [5.74, 6) is 1.56. The van der Waals surface area contributed by atoms with Crippen LogP contribution in [0.15, 0.2) is 5.16 Å². The minimum Gasteiger partial charge on any atom is -0.467 e. The fourth-order valence-corrected chi connectivity index (χ4v) is 1.82. The van der Waals surface area contributed by atoms with Gasteiger partial charge in [-0.15, -0.1) is 0 Å². The summed E-state index contributed by atoms with van der Waals surface area (Å²) in [6.07, 6.45) is 2.33. The maximum Gasteiger partial charge on any atom is 0.321 e. The van der Waals surface area contributed by atoms with E-state index in [1.165, 1.54) is 6.42 Å². The molecule has 0 aliphatic rings. The molecule has 0 unspecified atom stereocenters. The van der Waals surface area contributed by atoms with Gasteiger partial charge in [0.05, 0.1) is 7.11 Å². The number of rotatable bonds is 6. The highest BCUT2D eigenvalue weighted by Gasteiger charge is 2.05. The summed E-state index contributed by atoms with van der Waals surface area (Å²) in [7, 11) is 3.32. The summed E-state index contributed by atoms with van der Waals surface area (Å²) in [6, 6.07) is 0.355. The van der Waals surface area contributed by atoms with Crippen LogP contribution in [0.1, 0.15) is 19.8 Å². The average molecular weight is 228 g/mol. The number of ether oxygens (including phenoxy) is 1. The van der Waals surface area contributed by atoms with E-state index in [1.807, 2.05) is 0 Å². The number of thioether (sulfide) groups is 1. The molecular weight excluding hydrogens is 212 g/mol. The summed E-state index contributed by atoms with van der Waals surface area (Å²) in [5, 5.41) is 3.58. The summed E-state index contributed by atoms with van der Waals surface area (Å²) >= 11 is 1.62. The van der Waals surface area contributed by atoms with Gasteiger partial charge in [0, 0.05) is 12.8 Å². The summed E-state index contributed by atoms with van der Waals surface area (Å²) in [6.45, 7) is 2.16. The first-order chi connectivity index (χ1) is 7.30. The van der Waals surface area contributed by atoms with E-state index in [0.29, 0.717) is 17.1 Å². The molecule has 0 aliphatic carbocycles. The predicted molar refractivity (Wildman–Crippen MR) is 61.6 cm³/mol. The van der Waals surface area contributed by atoms with E-state index in [1.54, 1.807) is 25.9 Å². The van der Waals surface area contributed by atoms with Gasteiger partial charge in [-0.1, -0.05) is 25.1 Å². The number of anilines is 1. The molecule has 1 rings (SSSR count). The summed E-state index contributed by atoms with van der Waals surface area (Å²) in [4.78, 5) is 12.4. The first kappa shape index (κ1) is 12.0. The molecule has 0 fully saturated rings. The third kappa shape index (κ3) is 3.91. The van der Waals surface area contributed by atoms with Gasteiger partial charge in [0.25, 0.3) is 0 Å². The molecule has 0 amide bonds. The Labute approximate surface area is 94.1 Å². The van der Waals surface area contributed by atoms with Crippen molar-refractivity contribution in [1.82, 2.24) is 15.0 Å². The minimum atomic E-state index is 0.355. The van der Waals surface area contributed by atoms with Crippen molar-refractivity contribution < 1.29 is 4.74 Å². The zero-order chi connectivity index (χ0) is 11.1. The number of unbranched alkanes of at least 4 members (excludes halogenated alkanes) is 1. The Bertz CT molecular complexity index is 286. The molecule has 0 aromatic carbocycles. The SMILES string of the molecule is CCCCSc1nc(NC)nc(OC)n1. The Morgan fingerprint density at radius 1 is 1.33 bits per heavy atom. The van der Waals surface area contributed by atoms with Crippen LogP contribution < -0.4 is 10.1 Å². The topological polar surface area (TPSA) is 59.9 Å². The Kier molecular flexibility index (Phi) is 5.17. The number of hydrogen-bond acceptors (Lipinski definition) is 6. The molecule has 0 saturated heterocycles. The highest BCUT2D eigenvalue weighted by molar-refractivity contribution is 7.99. The van der Waals surface area contributed by atoms with Crippen molar-refractivity contribution in [3.8, 4) is 6.01 Å². The average Bonchev–Trinajstić information content (AvgIpc) is 2.29. The van der Waals surface area contributed by atoms with Gasteiger partial charge in [0.1, 0.15) is 0 Å². The zero-order valence-electron chi connectivity index (χ0n) is 9.28. The monoisotopic (exact) mass is 228 g/mol. The minimum absolute atomic E-state index is 0.355. The van der Waals surface area contributed by atoms with Gasteiger partial charge in [0.2, 0.25) is 5.95 Å². The number of nitrogens with zero attached hydrogens (tertiary/aromatic N) is 3. The Balaban J connectivity index is 2.68. The molecule has 1 heterocycles. The van der Waals surface area contributed by atoms with E-state index in [-0.39, 0.29) is 0 Å². The molecule has 0 saturated carbocycles.